The van der Waals surface area contributed by atoms with Gasteiger partial charge in [-0.1, -0.05) is 0 Å². The van der Waals surface area contributed by atoms with Crippen LogP contribution >= 0.6 is 0 Å². The zero-order chi connectivity index (χ0) is 15.4. The second kappa shape index (κ2) is 6.04. The van der Waals surface area contributed by atoms with Gasteiger partial charge in [-0.15, -0.1) is 0 Å². The number of nitrogen functional groups attached to an aromatic ring is 1. The zero-order valence-corrected chi connectivity index (χ0v) is 11.7. The van der Waals surface area contributed by atoms with Gasteiger partial charge < -0.3 is 25.6 Å². The van der Waals surface area contributed by atoms with Crippen molar-refractivity contribution in [3.63, 3.8) is 0 Å². The molecule has 0 aromatic heterocycles. The molecular weight excluding hydrogens is 272 g/mol. The van der Waals surface area contributed by atoms with Crippen LogP contribution in [0.4, 0.5) is 17.1 Å². The molecule has 0 radical (unpaired) electrons. The minimum absolute atomic E-state index is 0.0434. The average molecular weight is 288 g/mol. The maximum absolute atomic E-state index is 11.1. The van der Waals surface area contributed by atoms with Crippen molar-refractivity contribution in [1.29, 1.82) is 0 Å². The van der Waals surface area contributed by atoms with Crippen LogP contribution in [0.15, 0.2) is 36.4 Å². The first-order valence-electron chi connectivity index (χ1n) is 6.17. The van der Waals surface area contributed by atoms with E-state index in [1.807, 2.05) is 0 Å². The molecular formula is C15H16N2O4. The summed E-state index contributed by atoms with van der Waals surface area (Å²) in [5, 5.41) is 12.2. The van der Waals surface area contributed by atoms with Crippen LogP contribution in [0, 0.1) is 0 Å². The molecule has 0 unspecified atom stereocenters. The third-order valence-electron chi connectivity index (χ3n) is 2.97. The molecule has 0 spiro atoms. The van der Waals surface area contributed by atoms with Gasteiger partial charge in [-0.2, -0.15) is 0 Å². The van der Waals surface area contributed by atoms with E-state index in [1.165, 1.54) is 6.07 Å². The zero-order valence-electron chi connectivity index (χ0n) is 11.7. The second-order valence-electron chi connectivity index (χ2n) is 4.30. The van der Waals surface area contributed by atoms with Crippen molar-refractivity contribution < 1.29 is 19.4 Å². The Morgan fingerprint density at radius 2 is 1.90 bits per heavy atom. The Labute approximate surface area is 122 Å². The number of carboxylic acids is 1. The van der Waals surface area contributed by atoms with Crippen molar-refractivity contribution in [2.45, 2.75) is 0 Å². The van der Waals surface area contributed by atoms with Crippen LogP contribution in [0.1, 0.15) is 10.4 Å². The number of benzene rings is 2. The number of hydrogen-bond acceptors (Lipinski definition) is 5. The smallest absolute Gasteiger partial charge is 0.337 e. The molecule has 0 saturated heterocycles. The van der Waals surface area contributed by atoms with Gasteiger partial charge in [-0.3, -0.25) is 0 Å². The van der Waals surface area contributed by atoms with Crippen LogP contribution in [0.3, 0.4) is 0 Å². The predicted octanol–water partition coefficient (Wildman–Crippen LogP) is 2.73. The molecule has 0 atom stereocenters. The SMILES string of the molecule is COc1ccc(OC)c(Nc2ccc(N)c(C(=O)O)c2)c1. The monoisotopic (exact) mass is 288 g/mol. The van der Waals surface area contributed by atoms with E-state index >= 15 is 0 Å². The quantitative estimate of drug-likeness (QED) is 0.732. The highest BCUT2D eigenvalue weighted by atomic mass is 16.5. The van der Waals surface area contributed by atoms with Crippen molar-refractivity contribution in [2.24, 2.45) is 0 Å². The van der Waals surface area contributed by atoms with Crippen molar-refractivity contribution in [2.75, 3.05) is 25.3 Å². The van der Waals surface area contributed by atoms with Gasteiger partial charge in [0.1, 0.15) is 11.5 Å². The third kappa shape index (κ3) is 3.17. The first-order valence-corrected chi connectivity index (χ1v) is 6.17. The summed E-state index contributed by atoms with van der Waals surface area (Å²) in [5.74, 6) is 0.200. The number of aromatic carboxylic acids is 1. The molecule has 6 nitrogen and oxygen atoms in total. The fourth-order valence-corrected chi connectivity index (χ4v) is 1.89. The highest BCUT2D eigenvalue weighted by Crippen LogP contribution is 2.32. The summed E-state index contributed by atoms with van der Waals surface area (Å²) in [6.45, 7) is 0. The number of hydrogen-bond donors (Lipinski definition) is 3. The van der Waals surface area contributed by atoms with E-state index in [0.717, 1.165) is 0 Å². The second-order valence-corrected chi connectivity index (χ2v) is 4.30. The molecule has 2 aromatic carbocycles. The summed E-state index contributed by atoms with van der Waals surface area (Å²) in [6.07, 6.45) is 0. The van der Waals surface area contributed by atoms with Gasteiger partial charge in [0.2, 0.25) is 0 Å². The molecule has 6 heteroatoms. The molecule has 110 valence electrons. The number of nitrogens with one attached hydrogen (secondary N) is 1. The number of anilines is 3. The summed E-state index contributed by atoms with van der Waals surface area (Å²) in [7, 11) is 3.12. The van der Waals surface area contributed by atoms with Crippen LogP contribution in [0.2, 0.25) is 0 Å². The number of carboxylic acid groups (broad SMARTS) is 1. The standard InChI is InChI=1S/C15H16N2O4/c1-20-10-4-6-14(21-2)13(8-10)17-9-3-5-12(16)11(7-9)15(18)19/h3-8,17H,16H2,1-2H3,(H,18,19). The van der Waals surface area contributed by atoms with Crippen LogP contribution in [0.5, 0.6) is 11.5 Å². The van der Waals surface area contributed by atoms with E-state index in [2.05, 4.69) is 5.32 Å². The Hall–Kier alpha value is -2.89. The summed E-state index contributed by atoms with van der Waals surface area (Å²) < 4.78 is 10.4. The van der Waals surface area contributed by atoms with E-state index in [-0.39, 0.29) is 11.3 Å². The Bertz CT molecular complexity index is 671. The van der Waals surface area contributed by atoms with Gasteiger partial charge in [0, 0.05) is 17.4 Å². The highest BCUT2D eigenvalue weighted by Gasteiger charge is 2.10. The molecule has 0 aliphatic heterocycles. The van der Waals surface area contributed by atoms with E-state index in [9.17, 15) is 4.79 Å². The summed E-state index contributed by atoms with van der Waals surface area (Å²) >= 11 is 0. The molecule has 2 rings (SSSR count). The summed E-state index contributed by atoms with van der Waals surface area (Å²) in [5.41, 5.74) is 7.14. The molecule has 0 saturated carbocycles. The molecule has 21 heavy (non-hydrogen) atoms. The lowest BCUT2D eigenvalue weighted by atomic mass is 10.1. The first kappa shape index (κ1) is 14.5. The van der Waals surface area contributed by atoms with Crippen LogP contribution in [-0.4, -0.2) is 25.3 Å². The molecule has 0 bridgehead atoms. The van der Waals surface area contributed by atoms with Crippen LogP contribution in [0.25, 0.3) is 0 Å². The molecule has 0 aliphatic carbocycles. The average Bonchev–Trinajstić information content (AvgIpc) is 2.48. The predicted molar refractivity (Wildman–Crippen MR) is 80.6 cm³/mol. The lowest BCUT2D eigenvalue weighted by molar-refractivity contribution is 0.0698. The lowest BCUT2D eigenvalue weighted by Crippen LogP contribution is -2.03. The topological polar surface area (TPSA) is 93.8 Å². The number of rotatable bonds is 5. The van der Waals surface area contributed by atoms with E-state index in [0.29, 0.717) is 22.9 Å². The fourth-order valence-electron chi connectivity index (χ4n) is 1.89. The largest absolute Gasteiger partial charge is 0.497 e. The number of carbonyl (C=O) groups is 1. The minimum atomic E-state index is -1.08. The van der Waals surface area contributed by atoms with Gasteiger partial charge in [0.25, 0.3) is 0 Å². The van der Waals surface area contributed by atoms with Crippen molar-refractivity contribution in [1.82, 2.24) is 0 Å². The number of methoxy groups -OCH3 is 2. The number of ether oxygens (including phenoxy) is 2. The number of nitrogens with two attached hydrogens (primary N) is 1. The highest BCUT2D eigenvalue weighted by molar-refractivity contribution is 5.95. The van der Waals surface area contributed by atoms with Gasteiger partial charge >= 0.3 is 5.97 Å². The van der Waals surface area contributed by atoms with Crippen LogP contribution < -0.4 is 20.5 Å². The molecule has 0 heterocycles. The normalized spacial score (nSPS) is 10.0. The molecule has 0 amide bonds. The molecule has 2 aromatic rings. The maximum atomic E-state index is 11.1. The van der Waals surface area contributed by atoms with Gasteiger partial charge in [0.05, 0.1) is 25.5 Å². The van der Waals surface area contributed by atoms with E-state index in [1.54, 1.807) is 44.6 Å². The minimum Gasteiger partial charge on any atom is -0.497 e. The lowest BCUT2D eigenvalue weighted by Gasteiger charge is -2.13. The summed E-state index contributed by atoms with van der Waals surface area (Å²) in [6, 6.07) is 10.00. The van der Waals surface area contributed by atoms with Crippen molar-refractivity contribution in [3.8, 4) is 11.5 Å². The maximum Gasteiger partial charge on any atom is 0.337 e. The van der Waals surface area contributed by atoms with Crippen molar-refractivity contribution in [3.05, 3.63) is 42.0 Å². The van der Waals surface area contributed by atoms with Gasteiger partial charge in [0.15, 0.2) is 0 Å². The Morgan fingerprint density at radius 3 is 2.52 bits per heavy atom. The third-order valence-corrected chi connectivity index (χ3v) is 2.97. The molecule has 0 aliphatic rings. The van der Waals surface area contributed by atoms with E-state index < -0.39 is 5.97 Å². The summed E-state index contributed by atoms with van der Waals surface area (Å²) in [4.78, 5) is 11.1. The first-order chi connectivity index (χ1) is 10.0. The van der Waals surface area contributed by atoms with Gasteiger partial charge in [-0.25, -0.2) is 4.79 Å². The fraction of sp³-hybridized carbons (Fsp3) is 0.133. The Kier molecular flexibility index (Phi) is 4.18. The molecule has 4 N–H and O–H groups in total. The Balaban J connectivity index is 2.37. The van der Waals surface area contributed by atoms with Gasteiger partial charge in [-0.05, 0) is 30.3 Å². The molecule has 0 fully saturated rings. The Morgan fingerprint density at radius 1 is 1.14 bits per heavy atom. The van der Waals surface area contributed by atoms with Crippen molar-refractivity contribution >= 4 is 23.0 Å². The van der Waals surface area contributed by atoms with Crippen LogP contribution in [-0.2, 0) is 0 Å². The van der Waals surface area contributed by atoms with E-state index in [4.69, 9.17) is 20.3 Å².